The lowest BCUT2D eigenvalue weighted by Crippen LogP contribution is -2.43. The van der Waals surface area contributed by atoms with Crippen molar-refractivity contribution in [3.05, 3.63) is 34.9 Å². The summed E-state index contributed by atoms with van der Waals surface area (Å²) in [5.74, 6) is -4.46. The zero-order chi connectivity index (χ0) is 18.6. The molecule has 0 saturated carbocycles. The maximum absolute atomic E-state index is 14.1. The lowest BCUT2D eigenvalue weighted by Gasteiger charge is -2.27. The van der Waals surface area contributed by atoms with Gasteiger partial charge >= 0.3 is 12.1 Å². The molecule has 7 nitrogen and oxygen atoms in total. The molecule has 0 radical (unpaired) electrons. The predicted molar refractivity (Wildman–Crippen MR) is 80.4 cm³/mol. The molecule has 25 heavy (non-hydrogen) atoms. The van der Waals surface area contributed by atoms with Gasteiger partial charge in [-0.2, -0.15) is 0 Å². The second-order valence-electron chi connectivity index (χ2n) is 5.30. The van der Waals surface area contributed by atoms with Gasteiger partial charge in [-0.15, -0.1) is 0 Å². The second kappa shape index (κ2) is 8.02. The summed E-state index contributed by atoms with van der Waals surface area (Å²) in [6.45, 7) is 2.51. The highest BCUT2D eigenvalue weighted by Gasteiger charge is 2.29. The zero-order valence-electron chi connectivity index (χ0n) is 13.7. The van der Waals surface area contributed by atoms with Gasteiger partial charge < -0.3 is 19.1 Å². The van der Waals surface area contributed by atoms with Crippen LogP contribution in [-0.2, 0) is 14.2 Å². The molecule has 1 aliphatic heterocycles. The molecule has 9 heteroatoms. The van der Waals surface area contributed by atoms with Gasteiger partial charge in [-0.1, -0.05) is 0 Å². The third kappa shape index (κ3) is 4.30. The van der Waals surface area contributed by atoms with E-state index in [9.17, 15) is 23.2 Å². The Bertz CT molecular complexity index is 664. The van der Waals surface area contributed by atoms with E-state index < -0.39 is 41.1 Å². The third-order valence-corrected chi connectivity index (χ3v) is 3.63. The molecular formula is C16H17F2NO6. The average molecular weight is 357 g/mol. The summed E-state index contributed by atoms with van der Waals surface area (Å²) >= 11 is 0. The smallest absolute Gasteiger partial charge is 0.410 e. The fraction of sp³-hybridized carbons (Fsp3) is 0.438. The molecule has 2 rings (SSSR count). The Hall–Kier alpha value is -2.55. The number of ether oxygens (including phenoxy) is 3. The fourth-order valence-corrected chi connectivity index (χ4v) is 2.27. The number of carbonyl (C=O) groups excluding carboxylic acids is 3. The number of benzene rings is 1. The summed E-state index contributed by atoms with van der Waals surface area (Å²) in [5.41, 5.74) is -1.25. The molecule has 0 N–H and O–H groups in total. The topological polar surface area (TPSA) is 82.1 Å². The first kappa shape index (κ1) is 18.8. The van der Waals surface area contributed by atoms with Gasteiger partial charge in [0.05, 0.1) is 31.5 Å². The normalized spacial score (nSPS) is 15.4. The number of rotatable bonds is 4. The fourth-order valence-electron chi connectivity index (χ4n) is 2.27. The van der Waals surface area contributed by atoms with Gasteiger partial charge in [0.15, 0.2) is 6.10 Å². The molecule has 136 valence electrons. The quantitative estimate of drug-likeness (QED) is 0.604. The van der Waals surface area contributed by atoms with Gasteiger partial charge in [-0.3, -0.25) is 4.79 Å². The first-order valence-corrected chi connectivity index (χ1v) is 7.50. The van der Waals surface area contributed by atoms with Crippen LogP contribution in [0.2, 0.25) is 0 Å². The number of Topliss-reactive ketones (excluding diaryl/α,β-unsaturated/α-hetero) is 1. The van der Waals surface area contributed by atoms with Crippen molar-refractivity contribution in [2.75, 3.05) is 33.4 Å². The molecule has 0 spiro atoms. The van der Waals surface area contributed by atoms with Crippen molar-refractivity contribution in [3.63, 3.8) is 0 Å². The molecule has 0 bridgehead atoms. The molecule has 1 aromatic rings. The minimum absolute atomic E-state index is 0.302. The minimum atomic E-state index is -1.40. The molecule has 0 unspecified atom stereocenters. The molecule has 1 atom stereocenters. The van der Waals surface area contributed by atoms with E-state index in [0.717, 1.165) is 7.11 Å². The molecule has 1 heterocycles. The summed E-state index contributed by atoms with van der Waals surface area (Å²) in [6, 6.07) is 1.39. The second-order valence-corrected chi connectivity index (χ2v) is 5.30. The highest BCUT2D eigenvalue weighted by atomic mass is 19.1. The van der Waals surface area contributed by atoms with E-state index in [-0.39, 0.29) is 5.56 Å². The zero-order valence-corrected chi connectivity index (χ0v) is 13.7. The SMILES string of the molecule is COC(=O)c1cc(F)c(C(=O)[C@H](C)OC(=O)N2CCOCC2)c(F)c1. The van der Waals surface area contributed by atoms with Gasteiger partial charge in [0.2, 0.25) is 5.78 Å². The monoisotopic (exact) mass is 357 g/mol. The molecule has 0 aliphatic carbocycles. The first-order valence-electron chi connectivity index (χ1n) is 7.50. The largest absolute Gasteiger partial charge is 0.465 e. The summed E-state index contributed by atoms with van der Waals surface area (Å²) in [5, 5.41) is 0. The van der Waals surface area contributed by atoms with Crippen LogP contribution in [0.15, 0.2) is 12.1 Å². The van der Waals surface area contributed by atoms with Crippen LogP contribution in [-0.4, -0.2) is 62.3 Å². The van der Waals surface area contributed by atoms with Crippen LogP contribution in [0, 0.1) is 11.6 Å². The van der Waals surface area contributed by atoms with Crippen molar-refractivity contribution in [3.8, 4) is 0 Å². The van der Waals surface area contributed by atoms with Crippen LogP contribution < -0.4 is 0 Å². The number of hydrogen-bond donors (Lipinski definition) is 0. The van der Waals surface area contributed by atoms with Crippen LogP contribution in [0.1, 0.15) is 27.6 Å². The molecule has 1 saturated heterocycles. The van der Waals surface area contributed by atoms with Crippen molar-refractivity contribution in [2.24, 2.45) is 0 Å². The van der Waals surface area contributed by atoms with Crippen LogP contribution >= 0.6 is 0 Å². The number of carbonyl (C=O) groups is 3. The summed E-state index contributed by atoms with van der Waals surface area (Å²) in [4.78, 5) is 36.8. The summed E-state index contributed by atoms with van der Waals surface area (Å²) < 4.78 is 42.6. The highest BCUT2D eigenvalue weighted by molar-refractivity contribution is 6.01. The van der Waals surface area contributed by atoms with Gasteiger partial charge in [0, 0.05) is 13.1 Å². The Labute approximate surface area is 142 Å². The van der Waals surface area contributed by atoms with Crippen molar-refractivity contribution in [1.82, 2.24) is 4.90 Å². The van der Waals surface area contributed by atoms with E-state index in [1.165, 1.54) is 11.8 Å². The van der Waals surface area contributed by atoms with Crippen LogP contribution in [0.5, 0.6) is 0 Å². The molecular weight excluding hydrogens is 340 g/mol. The van der Waals surface area contributed by atoms with Crippen molar-refractivity contribution in [1.29, 1.82) is 0 Å². The Morgan fingerprint density at radius 1 is 1.16 bits per heavy atom. The van der Waals surface area contributed by atoms with E-state index in [1.54, 1.807) is 0 Å². The van der Waals surface area contributed by atoms with Crippen molar-refractivity contribution < 1.29 is 37.4 Å². The molecule has 1 aromatic carbocycles. The Balaban J connectivity index is 2.13. The van der Waals surface area contributed by atoms with E-state index in [4.69, 9.17) is 9.47 Å². The van der Waals surface area contributed by atoms with Crippen LogP contribution in [0.3, 0.4) is 0 Å². The maximum atomic E-state index is 14.1. The van der Waals surface area contributed by atoms with Gasteiger partial charge in [-0.05, 0) is 19.1 Å². The first-order chi connectivity index (χ1) is 11.8. The lowest BCUT2D eigenvalue weighted by molar-refractivity contribution is 0.0159. The Kier molecular flexibility index (Phi) is 6.02. The summed E-state index contributed by atoms with van der Waals surface area (Å²) in [6.07, 6.45) is -2.17. The van der Waals surface area contributed by atoms with Gasteiger partial charge in [0.25, 0.3) is 0 Å². The van der Waals surface area contributed by atoms with Crippen molar-refractivity contribution >= 4 is 17.8 Å². The van der Waals surface area contributed by atoms with E-state index in [2.05, 4.69) is 4.74 Å². The molecule has 1 aliphatic rings. The number of hydrogen-bond acceptors (Lipinski definition) is 6. The maximum Gasteiger partial charge on any atom is 0.410 e. The number of morpholine rings is 1. The van der Waals surface area contributed by atoms with Crippen LogP contribution in [0.25, 0.3) is 0 Å². The summed E-state index contributed by atoms with van der Waals surface area (Å²) in [7, 11) is 1.06. The number of methoxy groups -OCH3 is 1. The minimum Gasteiger partial charge on any atom is -0.465 e. The van der Waals surface area contributed by atoms with E-state index in [0.29, 0.717) is 38.4 Å². The number of nitrogens with zero attached hydrogens (tertiary/aromatic N) is 1. The molecule has 1 amide bonds. The third-order valence-electron chi connectivity index (χ3n) is 3.63. The predicted octanol–water partition coefficient (Wildman–Crippen LogP) is 1.79. The molecule has 1 fully saturated rings. The number of halogens is 2. The number of amides is 1. The number of ketones is 1. The van der Waals surface area contributed by atoms with E-state index >= 15 is 0 Å². The average Bonchev–Trinajstić information content (AvgIpc) is 2.60. The van der Waals surface area contributed by atoms with Crippen LogP contribution in [0.4, 0.5) is 13.6 Å². The van der Waals surface area contributed by atoms with Gasteiger partial charge in [-0.25, -0.2) is 18.4 Å². The standard InChI is InChI=1S/C16H17F2NO6/c1-9(25-16(22)19-3-5-24-6-4-19)14(20)13-11(17)7-10(8-12(13)18)15(21)23-2/h7-9H,3-6H2,1-2H3/t9-/m0/s1. The Morgan fingerprint density at radius 3 is 2.24 bits per heavy atom. The molecule has 0 aromatic heterocycles. The number of esters is 1. The van der Waals surface area contributed by atoms with Gasteiger partial charge in [0.1, 0.15) is 11.6 Å². The highest BCUT2D eigenvalue weighted by Crippen LogP contribution is 2.19. The Morgan fingerprint density at radius 2 is 1.72 bits per heavy atom. The van der Waals surface area contributed by atoms with Crippen molar-refractivity contribution in [2.45, 2.75) is 13.0 Å². The van der Waals surface area contributed by atoms with E-state index in [1.807, 2.05) is 0 Å². The lowest BCUT2D eigenvalue weighted by atomic mass is 10.0.